The molecule has 1 aliphatic carbocycles. The summed E-state index contributed by atoms with van der Waals surface area (Å²) < 4.78 is 1.77. The smallest absolute Gasteiger partial charge is 0.258 e. The normalized spacial score (nSPS) is 14.2. The number of nitrogens with zero attached hydrogens (tertiary/aromatic N) is 6. The van der Waals surface area contributed by atoms with Gasteiger partial charge in [-0.05, 0) is 31.9 Å². The molecule has 0 radical (unpaired) electrons. The second kappa shape index (κ2) is 5.29. The van der Waals surface area contributed by atoms with Crippen molar-refractivity contribution in [2.45, 2.75) is 25.7 Å². The number of nitro benzene ring substituents is 1. The number of nitro groups is 1. The molecular formula is C18H14N6O2. The van der Waals surface area contributed by atoms with E-state index in [0.29, 0.717) is 28.3 Å². The molecule has 128 valence electrons. The molecule has 1 fully saturated rings. The number of hydrogen-bond acceptors (Lipinski definition) is 6. The predicted molar refractivity (Wildman–Crippen MR) is 94.9 cm³/mol. The monoisotopic (exact) mass is 346 g/mol. The summed E-state index contributed by atoms with van der Waals surface area (Å²) in [5.74, 6) is 1.22. The average molecular weight is 346 g/mol. The minimum atomic E-state index is -0.405. The molecule has 1 aliphatic rings. The summed E-state index contributed by atoms with van der Waals surface area (Å²) in [6.07, 6.45) is 2.16. The van der Waals surface area contributed by atoms with Crippen molar-refractivity contribution in [3.63, 3.8) is 0 Å². The quantitative estimate of drug-likeness (QED) is 0.416. The van der Waals surface area contributed by atoms with E-state index in [1.54, 1.807) is 10.6 Å². The highest BCUT2D eigenvalue weighted by atomic mass is 16.6. The Morgan fingerprint density at radius 2 is 2.04 bits per heavy atom. The van der Waals surface area contributed by atoms with Crippen LogP contribution in [0.15, 0.2) is 36.4 Å². The number of fused-ring (bicyclic) bond motifs is 3. The van der Waals surface area contributed by atoms with Gasteiger partial charge in [-0.3, -0.25) is 15.1 Å². The van der Waals surface area contributed by atoms with Crippen LogP contribution in [0.5, 0.6) is 0 Å². The van der Waals surface area contributed by atoms with Gasteiger partial charge in [0.15, 0.2) is 11.5 Å². The van der Waals surface area contributed by atoms with Gasteiger partial charge in [0.05, 0.1) is 4.92 Å². The van der Waals surface area contributed by atoms with E-state index >= 15 is 0 Å². The Morgan fingerprint density at radius 1 is 1.19 bits per heavy atom. The molecule has 5 rings (SSSR count). The van der Waals surface area contributed by atoms with E-state index in [0.717, 1.165) is 29.7 Å². The number of aryl methyl sites for hydroxylation is 1. The van der Waals surface area contributed by atoms with Gasteiger partial charge in [-0.2, -0.15) is 9.61 Å². The largest absolute Gasteiger partial charge is 0.270 e. The van der Waals surface area contributed by atoms with Gasteiger partial charge < -0.3 is 0 Å². The molecule has 1 aromatic carbocycles. The molecule has 0 spiro atoms. The summed E-state index contributed by atoms with van der Waals surface area (Å²) in [7, 11) is 0. The van der Waals surface area contributed by atoms with Crippen molar-refractivity contribution in [1.29, 1.82) is 0 Å². The predicted octanol–water partition coefficient (Wildman–Crippen LogP) is 3.43. The Balaban J connectivity index is 1.87. The molecule has 0 unspecified atom stereocenters. The molecule has 4 aromatic rings. The van der Waals surface area contributed by atoms with E-state index < -0.39 is 4.92 Å². The van der Waals surface area contributed by atoms with Crippen LogP contribution in [0.4, 0.5) is 5.69 Å². The molecule has 0 saturated heterocycles. The maximum atomic E-state index is 11.2. The molecule has 0 N–H and O–H groups in total. The van der Waals surface area contributed by atoms with Gasteiger partial charge >= 0.3 is 0 Å². The van der Waals surface area contributed by atoms with Gasteiger partial charge in [0, 0.05) is 34.7 Å². The Hall–Kier alpha value is -3.42. The summed E-state index contributed by atoms with van der Waals surface area (Å²) in [5, 5.41) is 25.4. The maximum absolute atomic E-state index is 11.2. The number of non-ortho nitro benzene ring substituents is 1. The van der Waals surface area contributed by atoms with Crippen LogP contribution in [0.25, 0.3) is 27.8 Å². The number of hydrogen-bond donors (Lipinski definition) is 0. The summed E-state index contributed by atoms with van der Waals surface area (Å²) in [6, 6.07) is 10.3. The van der Waals surface area contributed by atoms with Crippen LogP contribution in [-0.4, -0.2) is 29.7 Å². The summed E-state index contributed by atoms with van der Waals surface area (Å²) >= 11 is 0. The van der Waals surface area contributed by atoms with Crippen LogP contribution < -0.4 is 0 Å². The van der Waals surface area contributed by atoms with Crippen LogP contribution in [0.1, 0.15) is 30.3 Å². The molecule has 3 aromatic heterocycles. The lowest BCUT2D eigenvalue weighted by Gasteiger charge is -2.08. The van der Waals surface area contributed by atoms with Crippen LogP contribution in [0.2, 0.25) is 0 Å². The van der Waals surface area contributed by atoms with Crippen LogP contribution in [-0.2, 0) is 0 Å². The molecule has 0 atom stereocenters. The first-order chi connectivity index (χ1) is 12.6. The minimum absolute atomic E-state index is 0.0244. The van der Waals surface area contributed by atoms with E-state index in [1.165, 1.54) is 12.1 Å². The molecule has 3 heterocycles. The van der Waals surface area contributed by atoms with Crippen LogP contribution in [0, 0.1) is 17.0 Å². The lowest BCUT2D eigenvalue weighted by molar-refractivity contribution is -0.384. The van der Waals surface area contributed by atoms with E-state index in [1.807, 2.05) is 25.1 Å². The second-order valence-electron chi connectivity index (χ2n) is 6.57. The van der Waals surface area contributed by atoms with Crippen molar-refractivity contribution < 1.29 is 4.92 Å². The fourth-order valence-corrected chi connectivity index (χ4v) is 3.18. The van der Waals surface area contributed by atoms with E-state index in [9.17, 15) is 10.1 Å². The average Bonchev–Trinajstić information content (AvgIpc) is 3.40. The Bertz CT molecular complexity index is 1200. The SMILES string of the molecule is Cc1ccc2c(n1)c(-c1cccc([N+](=O)[O-])c1)nn1c(C3CC3)nnc21. The molecule has 1 saturated carbocycles. The third-order valence-corrected chi connectivity index (χ3v) is 4.64. The third-order valence-electron chi connectivity index (χ3n) is 4.64. The zero-order valence-electron chi connectivity index (χ0n) is 14.0. The Morgan fingerprint density at radius 3 is 2.81 bits per heavy atom. The van der Waals surface area contributed by atoms with Gasteiger partial charge in [0.25, 0.3) is 5.69 Å². The Kier molecular flexibility index (Phi) is 3.03. The van der Waals surface area contributed by atoms with Crippen molar-refractivity contribution in [3.8, 4) is 11.3 Å². The topological polar surface area (TPSA) is 99.1 Å². The molecule has 26 heavy (non-hydrogen) atoms. The zero-order valence-corrected chi connectivity index (χ0v) is 14.0. The van der Waals surface area contributed by atoms with Crippen molar-refractivity contribution >= 4 is 22.2 Å². The first-order valence-electron chi connectivity index (χ1n) is 8.39. The minimum Gasteiger partial charge on any atom is -0.258 e. The van der Waals surface area contributed by atoms with Crippen LogP contribution >= 0.6 is 0 Å². The lowest BCUT2D eigenvalue weighted by Crippen LogP contribution is -2.02. The van der Waals surface area contributed by atoms with Crippen molar-refractivity contribution in [2.24, 2.45) is 0 Å². The van der Waals surface area contributed by atoms with Gasteiger partial charge in [0.2, 0.25) is 0 Å². The summed E-state index contributed by atoms with van der Waals surface area (Å²) in [4.78, 5) is 15.4. The number of aromatic nitrogens is 5. The number of benzene rings is 1. The van der Waals surface area contributed by atoms with Gasteiger partial charge in [0.1, 0.15) is 11.2 Å². The summed E-state index contributed by atoms with van der Waals surface area (Å²) in [6.45, 7) is 1.90. The van der Waals surface area contributed by atoms with Gasteiger partial charge in [-0.25, -0.2) is 0 Å². The molecule has 0 aliphatic heterocycles. The number of pyridine rings is 1. The summed E-state index contributed by atoms with van der Waals surface area (Å²) in [5.41, 5.74) is 3.46. The van der Waals surface area contributed by atoms with E-state index in [4.69, 9.17) is 5.10 Å². The fourth-order valence-electron chi connectivity index (χ4n) is 3.18. The fraction of sp³-hybridized carbons (Fsp3) is 0.222. The first-order valence-corrected chi connectivity index (χ1v) is 8.39. The molecular weight excluding hydrogens is 332 g/mol. The lowest BCUT2D eigenvalue weighted by atomic mass is 10.1. The maximum Gasteiger partial charge on any atom is 0.270 e. The highest BCUT2D eigenvalue weighted by Crippen LogP contribution is 2.40. The number of rotatable bonds is 3. The second-order valence-corrected chi connectivity index (χ2v) is 6.57. The molecule has 8 nitrogen and oxygen atoms in total. The zero-order chi connectivity index (χ0) is 17.8. The highest BCUT2D eigenvalue weighted by molar-refractivity contribution is 5.99. The molecule has 8 heteroatoms. The standard InChI is InChI=1S/C18H14N6O2/c1-10-5-8-14-16(19-10)15(12-3-2-4-13(9-12)24(25)26)22-23-17(11-6-7-11)20-21-18(14)23/h2-5,8-9,11H,6-7H2,1H3. The van der Waals surface area contributed by atoms with Crippen molar-refractivity contribution in [1.82, 2.24) is 24.8 Å². The highest BCUT2D eigenvalue weighted by Gasteiger charge is 2.30. The van der Waals surface area contributed by atoms with Crippen LogP contribution in [0.3, 0.4) is 0 Å². The molecule has 0 bridgehead atoms. The molecule has 0 amide bonds. The first kappa shape index (κ1) is 14.9. The van der Waals surface area contributed by atoms with Crippen molar-refractivity contribution in [3.05, 3.63) is 58.0 Å². The van der Waals surface area contributed by atoms with Crippen molar-refractivity contribution in [2.75, 3.05) is 0 Å². The third kappa shape index (κ3) is 2.22. The van der Waals surface area contributed by atoms with Gasteiger partial charge in [-0.15, -0.1) is 10.2 Å². The van der Waals surface area contributed by atoms with Gasteiger partial charge in [-0.1, -0.05) is 12.1 Å². The Labute approximate surface area is 147 Å². The van der Waals surface area contributed by atoms with E-state index in [2.05, 4.69) is 15.2 Å². The van der Waals surface area contributed by atoms with E-state index in [-0.39, 0.29) is 5.69 Å².